The van der Waals surface area contributed by atoms with Crippen molar-refractivity contribution in [2.45, 2.75) is 18.2 Å². The molecule has 76 valence electrons. The van der Waals surface area contributed by atoms with Gasteiger partial charge in [0.2, 0.25) is 0 Å². The van der Waals surface area contributed by atoms with Gasteiger partial charge in [0, 0.05) is 29.3 Å². The van der Waals surface area contributed by atoms with Crippen LogP contribution in [0.25, 0.3) is 11.1 Å². The number of nitrogens with zero attached hydrogens (tertiary/aromatic N) is 2. The molecule has 0 fully saturated rings. The molecule has 0 amide bonds. The number of hydrogen-bond donors (Lipinski definition) is 1. The molecule has 2 rings (SSSR count). The van der Waals surface area contributed by atoms with Crippen LogP contribution in [0.4, 0.5) is 0 Å². The summed E-state index contributed by atoms with van der Waals surface area (Å²) in [5, 5.41) is 0. The SMILES string of the molecule is CCc1ncc(-c2ccc(S)cc2)cn1. The van der Waals surface area contributed by atoms with Crippen LogP contribution in [-0.2, 0) is 6.42 Å². The average molecular weight is 216 g/mol. The number of hydrogen-bond acceptors (Lipinski definition) is 3. The second-order valence-corrected chi connectivity index (χ2v) is 3.80. The van der Waals surface area contributed by atoms with Gasteiger partial charge in [0.25, 0.3) is 0 Å². The van der Waals surface area contributed by atoms with Gasteiger partial charge in [0.15, 0.2) is 0 Å². The van der Waals surface area contributed by atoms with Crippen LogP contribution in [0, 0.1) is 0 Å². The van der Waals surface area contributed by atoms with Crippen molar-refractivity contribution in [1.82, 2.24) is 9.97 Å². The first-order chi connectivity index (χ1) is 7.29. The summed E-state index contributed by atoms with van der Waals surface area (Å²) in [5.74, 6) is 0.879. The first-order valence-electron chi connectivity index (χ1n) is 4.90. The van der Waals surface area contributed by atoms with Gasteiger partial charge in [-0.3, -0.25) is 0 Å². The minimum Gasteiger partial charge on any atom is -0.241 e. The van der Waals surface area contributed by atoms with Crippen molar-refractivity contribution >= 4 is 12.6 Å². The lowest BCUT2D eigenvalue weighted by molar-refractivity contribution is 0.941. The number of benzene rings is 1. The molecule has 3 heteroatoms. The summed E-state index contributed by atoms with van der Waals surface area (Å²) >= 11 is 4.24. The fraction of sp³-hybridized carbons (Fsp3) is 0.167. The maximum absolute atomic E-state index is 4.27. The summed E-state index contributed by atoms with van der Waals surface area (Å²) in [6.07, 6.45) is 4.59. The quantitative estimate of drug-likeness (QED) is 0.781. The number of thiol groups is 1. The van der Waals surface area contributed by atoms with Crippen LogP contribution in [0.5, 0.6) is 0 Å². The molecular weight excluding hydrogens is 204 g/mol. The molecule has 0 radical (unpaired) electrons. The Hall–Kier alpha value is -1.35. The second-order valence-electron chi connectivity index (χ2n) is 3.29. The van der Waals surface area contributed by atoms with Crippen molar-refractivity contribution < 1.29 is 0 Å². The van der Waals surface area contributed by atoms with Gasteiger partial charge >= 0.3 is 0 Å². The third kappa shape index (κ3) is 2.36. The fourth-order valence-corrected chi connectivity index (χ4v) is 1.49. The third-order valence-electron chi connectivity index (χ3n) is 2.22. The van der Waals surface area contributed by atoms with E-state index in [-0.39, 0.29) is 0 Å². The van der Waals surface area contributed by atoms with Gasteiger partial charge in [-0.15, -0.1) is 12.6 Å². The summed E-state index contributed by atoms with van der Waals surface area (Å²) in [6, 6.07) is 7.97. The largest absolute Gasteiger partial charge is 0.241 e. The predicted octanol–water partition coefficient (Wildman–Crippen LogP) is 2.99. The van der Waals surface area contributed by atoms with E-state index in [9.17, 15) is 0 Å². The molecule has 2 aromatic rings. The standard InChI is InChI=1S/C12H12N2S/c1-2-12-13-7-10(8-14-12)9-3-5-11(15)6-4-9/h3-8,15H,2H2,1H3. The number of rotatable bonds is 2. The number of aromatic nitrogens is 2. The van der Waals surface area contributed by atoms with E-state index in [0.717, 1.165) is 28.3 Å². The van der Waals surface area contributed by atoms with E-state index in [2.05, 4.69) is 22.6 Å². The minimum atomic E-state index is 0.871. The van der Waals surface area contributed by atoms with E-state index >= 15 is 0 Å². The highest BCUT2D eigenvalue weighted by Gasteiger charge is 1.98. The van der Waals surface area contributed by atoms with Crippen molar-refractivity contribution in [3.63, 3.8) is 0 Å². The molecule has 1 aromatic carbocycles. The van der Waals surface area contributed by atoms with Crippen molar-refractivity contribution in [3.05, 3.63) is 42.5 Å². The lowest BCUT2D eigenvalue weighted by Crippen LogP contribution is -1.91. The van der Waals surface area contributed by atoms with Gasteiger partial charge in [-0.25, -0.2) is 9.97 Å². The van der Waals surface area contributed by atoms with Crippen molar-refractivity contribution in [1.29, 1.82) is 0 Å². The molecule has 0 bridgehead atoms. The molecule has 0 atom stereocenters. The topological polar surface area (TPSA) is 25.8 Å². The molecule has 2 nitrogen and oxygen atoms in total. The van der Waals surface area contributed by atoms with Crippen LogP contribution in [0.15, 0.2) is 41.6 Å². The average Bonchev–Trinajstić information content (AvgIpc) is 2.30. The summed E-state index contributed by atoms with van der Waals surface area (Å²) in [5.41, 5.74) is 2.16. The van der Waals surface area contributed by atoms with Crippen LogP contribution in [0.1, 0.15) is 12.7 Å². The van der Waals surface area contributed by atoms with Crippen molar-refractivity contribution in [3.8, 4) is 11.1 Å². The molecule has 0 unspecified atom stereocenters. The van der Waals surface area contributed by atoms with Crippen LogP contribution in [0.3, 0.4) is 0 Å². The maximum atomic E-state index is 4.27. The van der Waals surface area contributed by atoms with Crippen LogP contribution >= 0.6 is 12.6 Å². The molecular formula is C12H12N2S. The van der Waals surface area contributed by atoms with E-state index < -0.39 is 0 Å². The first-order valence-corrected chi connectivity index (χ1v) is 5.34. The van der Waals surface area contributed by atoms with Gasteiger partial charge < -0.3 is 0 Å². The zero-order valence-corrected chi connectivity index (χ0v) is 9.41. The van der Waals surface area contributed by atoms with E-state index in [1.165, 1.54) is 0 Å². The first kappa shape index (κ1) is 10.2. The van der Waals surface area contributed by atoms with E-state index in [1.807, 2.05) is 43.6 Å². The number of aryl methyl sites for hydroxylation is 1. The zero-order chi connectivity index (χ0) is 10.7. The van der Waals surface area contributed by atoms with Crippen molar-refractivity contribution in [2.24, 2.45) is 0 Å². The minimum absolute atomic E-state index is 0.871. The summed E-state index contributed by atoms with van der Waals surface area (Å²) < 4.78 is 0. The van der Waals surface area contributed by atoms with Crippen molar-refractivity contribution in [2.75, 3.05) is 0 Å². The highest BCUT2D eigenvalue weighted by atomic mass is 32.1. The molecule has 0 saturated carbocycles. The van der Waals surface area contributed by atoms with Gasteiger partial charge in [0.1, 0.15) is 5.82 Å². The highest BCUT2D eigenvalue weighted by Crippen LogP contribution is 2.19. The predicted molar refractivity (Wildman–Crippen MR) is 64.1 cm³/mol. The van der Waals surface area contributed by atoms with E-state index in [4.69, 9.17) is 0 Å². The van der Waals surface area contributed by atoms with Crippen LogP contribution in [0.2, 0.25) is 0 Å². The molecule has 0 spiro atoms. The smallest absolute Gasteiger partial charge is 0.127 e. The summed E-state index contributed by atoms with van der Waals surface area (Å²) in [7, 11) is 0. The van der Waals surface area contributed by atoms with Gasteiger partial charge in [-0.1, -0.05) is 19.1 Å². The lowest BCUT2D eigenvalue weighted by atomic mass is 10.1. The second kappa shape index (κ2) is 4.45. The van der Waals surface area contributed by atoms with Gasteiger partial charge in [0.05, 0.1) is 0 Å². The summed E-state index contributed by atoms with van der Waals surface area (Å²) in [4.78, 5) is 9.49. The van der Waals surface area contributed by atoms with E-state index in [0.29, 0.717) is 0 Å². The molecule has 1 heterocycles. The lowest BCUT2D eigenvalue weighted by Gasteiger charge is -2.01. The van der Waals surface area contributed by atoms with Gasteiger partial charge in [-0.2, -0.15) is 0 Å². The highest BCUT2D eigenvalue weighted by molar-refractivity contribution is 7.80. The molecule has 0 saturated heterocycles. The maximum Gasteiger partial charge on any atom is 0.127 e. The van der Waals surface area contributed by atoms with E-state index in [1.54, 1.807) is 0 Å². The van der Waals surface area contributed by atoms with Crippen LogP contribution in [-0.4, -0.2) is 9.97 Å². The Balaban J connectivity index is 2.33. The molecule has 15 heavy (non-hydrogen) atoms. The third-order valence-corrected chi connectivity index (χ3v) is 2.52. The Kier molecular flexibility index (Phi) is 3.02. The molecule has 0 N–H and O–H groups in total. The monoisotopic (exact) mass is 216 g/mol. The Bertz CT molecular complexity index is 434. The Morgan fingerprint density at radius 2 is 1.60 bits per heavy atom. The normalized spacial score (nSPS) is 10.3. The van der Waals surface area contributed by atoms with Crippen LogP contribution < -0.4 is 0 Å². The zero-order valence-electron chi connectivity index (χ0n) is 8.51. The Labute approximate surface area is 94.8 Å². The summed E-state index contributed by atoms with van der Waals surface area (Å²) in [6.45, 7) is 2.05. The molecule has 0 aliphatic rings. The molecule has 0 aliphatic carbocycles. The van der Waals surface area contributed by atoms with Gasteiger partial charge in [-0.05, 0) is 17.7 Å². The molecule has 0 aliphatic heterocycles. The fourth-order valence-electron chi connectivity index (χ4n) is 1.34. The molecule has 1 aromatic heterocycles. The Morgan fingerprint density at radius 1 is 1.00 bits per heavy atom. The Morgan fingerprint density at radius 3 is 2.13 bits per heavy atom.